The van der Waals surface area contributed by atoms with Gasteiger partial charge in [0.05, 0.1) is 13.7 Å². The Bertz CT molecular complexity index is 747. The molecular weight excluding hydrogens is 400 g/mol. The molecule has 6 nitrogen and oxygen atoms in total. The van der Waals surface area contributed by atoms with Gasteiger partial charge in [0.2, 0.25) is 5.91 Å². The summed E-state index contributed by atoms with van der Waals surface area (Å²) in [7, 11) is 3.14. The molecule has 1 atom stereocenters. The molecule has 0 aliphatic rings. The average Bonchev–Trinajstić information content (AvgIpc) is 2.63. The normalized spacial score (nSPS) is 11.4. The minimum absolute atomic E-state index is 0.0705. The predicted molar refractivity (Wildman–Crippen MR) is 103 cm³/mol. The van der Waals surface area contributed by atoms with E-state index >= 15 is 0 Å². The molecule has 2 aromatic rings. The first-order valence-corrected chi connectivity index (χ1v) is 8.79. The van der Waals surface area contributed by atoms with E-state index in [2.05, 4.69) is 21.2 Å². The van der Waals surface area contributed by atoms with Crippen LogP contribution in [0.3, 0.4) is 0 Å². The molecule has 0 spiro atoms. The van der Waals surface area contributed by atoms with Crippen molar-refractivity contribution in [1.82, 2.24) is 4.90 Å². The number of methoxy groups -OCH3 is 1. The summed E-state index contributed by atoms with van der Waals surface area (Å²) in [4.78, 5) is 25.8. The topological polar surface area (TPSA) is 67.9 Å². The number of rotatable bonds is 7. The largest absolute Gasteiger partial charge is 0.497 e. The number of hydrogen-bond donors (Lipinski definition) is 1. The van der Waals surface area contributed by atoms with Crippen LogP contribution in [-0.2, 0) is 9.59 Å². The van der Waals surface area contributed by atoms with Gasteiger partial charge in [0.25, 0.3) is 5.91 Å². The highest BCUT2D eigenvalue weighted by atomic mass is 79.9. The molecule has 0 radical (unpaired) electrons. The SMILES string of the molecule is COc1ccc(NC(=O)CN(C)C(=O)[C@@H](C)Oc2ccc(Br)cc2)cc1. The van der Waals surface area contributed by atoms with Gasteiger partial charge in [-0.2, -0.15) is 0 Å². The van der Waals surface area contributed by atoms with Gasteiger partial charge < -0.3 is 19.7 Å². The van der Waals surface area contributed by atoms with Crippen LogP contribution in [0.15, 0.2) is 53.0 Å². The quantitative estimate of drug-likeness (QED) is 0.745. The molecule has 0 saturated carbocycles. The Balaban J connectivity index is 1.86. The van der Waals surface area contributed by atoms with Crippen molar-refractivity contribution in [1.29, 1.82) is 0 Å². The van der Waals surface area contributed by atoms with Crippen LogP contribution in [0.5, 0.6) is 11.5 Å². The average molecular weight is 421 g/mol. The molecule has 2 aromatic carbocycles. The molecule has 0 aromatic heterocycles. The van der Waals surface area contributed by atoms with Gasteiger partial charge in [-0.1, -0.05) is 15.9 Å². The summed E-state index contributed by atoms with van der Waals surface area (Å²) in [5.41, 5.74) is 0.635. The number of anilines is 1. The summed E-state index contributed by atoms with van der Waals surface area (Å²) < 4.78 is 11.6. The van der Waals surface area contributed by atoms with E-state index < -0.39 is 6.10 Å². The zero-order chi connectivity index (χ0) is 19.1. The highest BCUT2D eigenvalue weighted by molar-refractivity contribution is 9.10. The Morgan fingerprint density at radius 1 is 1.08 bits per heavy atom. The van der Waals surface area contributed by atoms with Crippen LogP contribution >= 0.6 is 15.9 Å². The molecule has 0 saturated heterocycles. The number of halogens is 1. The van der Waals surface area contributed by atoms with Crippen molar-refractivity contribution >= 4 is 33.4 Å². The molecule has 0 aliphatic carbocycles. The Morgan fingerprint density at radius 2 is 1.65 bits per heavy atom. The van der Waals surface area contributed by atoms with Gasteiger partial charge in [-0.3, -0.25) is 9.59 Å². The number of benzene rings is 2. The number of ether oxygens (including phenoxy) is 2. The van der Waals surface area contributed by atoms with Gasteiger partial charge in [-0.05, 0) is 55.5 Å². The van der Waals surface area contributed by atoms with E-state index in [-0.39, 0.29) is 18.4 Å². The molecule has 0 aliphatic heterocycles. The van der Waals surface area contributed by atoms with Gasteiger partial charge in [-0.15, -0.1) is 0 Å². The molecule has 0 heterocycles. The number of carbonyl (C=O) groups excluding carboxylic acids is 2. The van der Waals surface area contributed by atoms with E-state index in [1.54, 1.807) is 57.5 Å². The Labute approximate surface area is 161 Å². The fourth-order valence-corrected chi connectivity index (χ4v) is 2.51. The second-order valence-corrected chi connectivity index (χ2v) is 6.60. The van der Waals surface area contributed by atoms with Crippen molar-refractivity contribution in [3.8, 4) is 11.5 Å². The first-order valence-electron chi connectivity index (χ1n) is 8.00. The second-order valence-electron chi connectivity index (χ2n) is 5.68. The fourth-order valence-electron chi connectivity index (χ4n) is 2.25. The Morgan fingerprint density at radius 3 is 2.23 bits per heavy atom. The molecule has 2 amide bonds. The van der Waals surface area contributed by atoms with Crippen LogP contribution in [0.4, 0.5) is 5.69 Å². The fraction of sp³-hybridized carbons (Fsp3) is 0.263. The van der Waals surface area contributed by atoms with Crippen LogP contribution in [0.1, 0.15) is 6.92 Å². The Hall–Kier alpha value is -2.54. The van der Waals surface area contributed by atoms with Crippen LogP contribution in [-0.4, -0.2) is 43.5 Å². The highest BCUT2D eigenvalue weighted by Crippen LogP contribution is 2.18. The standard InChI is InChI=1S/C19H21BrN2O4/c1-13(26-17-8-4-14(20)5-9-17)19(24)22(2)12-18(23)21-15-6-10-16(25-3)11-7-15/h4-11,13H,12H2,1-3H3,(H,21,23)/t13-/m1/s1. The molecule has 26 heavy (non-hydrogen) atoms. The summed E-state index contributed by atoms with van der Waals surface area (Å²) in [6, 6.07) is 14.2. The lowest BCUT2D eigenvalue weighted by Gasteiger charge is -2.21. The van der Waals surface area contributed by atoms with Gasteiger partial charge in [0.15, 0.2) is 6.10 Å². The summed E-state index contributed by atoms with van der Waals surface area (Å²) in [5, 5.41) is 2.74. The smallest absolute Gasteiger partial charge is 0.263 e. The second kappa shape index (κ2) is 9.24. The van der Waals surface area contributed by atoms with Crippen LogP contribution in [0.2, 0.25) is 0 Å². The molecule has 7 heteroatoms. The van der Waals surface area contributed by atoms with Gasteiger partial charge in [0.1, 0.15) is 11.5 Å². The molecule has 0 bridgehead atoms. The van der Waals surface area contributed by atoms with Crippen molar-refractivity contribution in [3.63, 3.8) is 0 Å². The number of likely N-dealkylation sites (N-methyl/N-ethyl adjacent to an activating group) is 1. The van der Waals surface area contributed by atoms with Gasteiger partial charge in [0, 0.05) is 17.2 Å². The molecule has 138 valence electrons. The number of nitrogens with zero attached hydrogens (tertiary/aromatic N) is 1. The molecule has 2 rings (SSSR count). The number of amides is 2. The highest BCUT2D eigenvalue weighted by Gasteiger charge is 2.21. The summed E-state index contributed by atoms with van der Waals surface area (Å²) in [5.74, 6) is 0.721. The van der Waals surface area contributed by atoms with E-state index in [9.17, 15) is 9.59 Å². The Kier molecular flexibility index (Phi) is 7.03. The van der Waals surface area contributed by atoms with Crippen molar-refractivity contribution < 1.29 is 19.1 Å². The zero-order valence-corrected chi connectivity index (χ0v) is 16.4. The first-order chi connectivity index (χ1) is 12.4. The lowest BCUT2D eigenvalue weighted by Crippen LogP contribution is -2.41. The number of nitrogens with one attached hydrogen (secondary N) is 1. The lowest BCUT2D eigenvalue weighted by atomic mass is 10.3. The summed E-state index contributed by atoms with van der Waals surface area (Å²) >= 11 is 3.34. The molecule has 1 N–H and O–H groups in total. The van der Waals surface area contributed by atoms with E-state index in [0.717, 1.165) is 4.47 Å². The monoisotopic (exact) mass is 420 g/mol. The van der Waals surface area contributed by atoms with E-state index in [1.807, 2.05) is 12.1 Å². The van der Waals surface area contributed by atoms with Gasteiger partial charge in [-0.25, -0.2) is 0 Å². The predicted octanol–water partition coefficient (Wildman–Crippen LogP) is 3.32. The van der Waals surface area contributed by atoms with Gasteiger partial charge >= 0.3 is 0 Å². The molecular formula is C19H21BrN2O4. The van der Waals surface area contributed by atoms with Crippen LogP contribution < -0.4 is 14.8 Å². The van der Waals surface area contributed by atoms with Crippen molar-refractivity contribution in [2.75, 3.05) is 26.0 Å². The molecule has 0 unspecified atom stereocenters. The van der Waals surface area contributed by atoms with E-state index in [1.165, 1.54) is 4.90 Å². The first kappa shape index (κ1) is 19.8. The van der Waals surface area contributed by atoms with Crippen molar-refractivity contribution in [3.05, 3.63) is 53.0 Å². The zero-order valence-electron chi connectivity index (χ0n) is 14.9. The van der Waals surface area contributed by atoms with Crippen LogP contribution in [0.25, 0.3) is 0 Å². The van der Waals surface area contributed by atoms with E-state index in [4.69, 9.17) is 9.47 Å². The summed E-state index contributed by atoms with van der Waals surface area (Å²) in [6.45, 7) is 1.58. The number of hydrogen-bond acceptors (Lipinski definition) is 4. The lowest BCUT2D eigenvalue weighted by molar-refractivity contribution is -0.139. The van der Waals surface area contributed by atoms with Crippen LogP contribution in [0, 0.1) is 0 Å². The molecule has 0 fully saturated rings. The summed E-state index contributed by atoms with van der Waals surface area (Å²) in [6.07, 6.45) is -0.699. The van der Waals surface area contributed by atoms with E-state index in [0.29, 0.717) is 17.2 Å². The minimum atomic E-state index is -0.699. The third kappa shape index (κ3) is 5.77. The maximum Gasteiger partial charge on any atom is 0.263 e. The van der Waals surface area contributed by atoms with Crippen molar-refractivity contribution in [2.24, 2.45) is 0 Å². The number of carbonyl (C=O) groups is 2. The maximum atomic E-state index is 12.4. The minimum Gasteiger partial charge on any atom is -0.497 e. The maximum absolute atomic E-state index is 12.4. The third-order valence-electron chi connectivity index (χ3n) is 3.61. The third-order valence-corrected chi connectivity index (χ3v) is 4.13. The van der Waals surface area contributed by atoms with Crippen molar-refractivity contribution in [2.45, 2.75) is 13.0 Å².